The van der Waals surface area contributed by atoms with Crippen LogP contribution in [0.2, 0.25) is 0 Å². The third-order valence-electron chi connectivity index (χ3n) is 3.68. The molecular formula is C16H23NO3. The molecule has 1 aromatic carbocycles. The molecule has 2 rings (SSSR count). The topological polar surface area (TPSA) is 61.5 Å². The maximum atomic E-state index is 12.0. The Morgan fingerprint density at radius 2 is 2.20 bits per heavy atom. The first-order valence-corrected chi connectivity index (χ1v) is 7.33. The summed E-state index contributed by atoms with van der Waals surface area (Å²) in [6.07, 6.45) is 4.68. The number of hydrogen-bond donors (Lipinski definition) is 1. The highest BCUT2D eigenvalue weighted by molar-refractivity contribution is 5.93. The van der Waals surface area contributed by atoms with Gasteiger partial charge in [-0.1, -0.05) is 13.3 Å². The molecular weight excluding hydrogens is 254 g/mol. The fourth-order valence-electron chi connectivity index (χ4n) is 2.68. The van der Waals surface area contributed by atoms with Crippen LogP contribution >= 0.6 is 0 Å². The van der Waals surface area contributed by atoms with Crippen molar-refractivity contribution in [2.75, 3.05) is 12.3 Å². The summed E-state index contributed by atoms with van der Waals surface area (Å²) in [5, 5.41) is 0. The molecule has 2 unspecified atom stereocenters. The first kappa shape index (κ1) is 14.7. The van der Waals surface area contributed by atoms with Gasteiger partial charge in [0.25, 0.3) is 0 Å². The van der Waals surface area contributed by atoms with E-state index in [2.05, 4.69) is 6.92 Å². The second-order valence-corrected chi connectivity index (χ2v) is 5.49. The lowest BCUT2D eigenvalue weighted by Gasteiger charge is -2.28. The minimum Gasteiger partial charge on any atom is -0.490 e. The number of carbonyl (C=O) groups excluding carboxylic acids is 1. The molecule has 2 N–H and O–H groups in total. The Balaban J connectivity index is 2.15. The molecule has 1 aromatic rings. The van der Waals surface area contributed by atoms with E-state index >= 15 is 0 Å². The molecule has 110 valence electrons. The number of carbonyl (C=O) groups is 1. The van der Waals surface area contributed by atoms with Crippen molar-refractivity contribution in [1.29, 1.82) is 0 Å². The molecule has 0 spiro atoms. The van der Waals surface area contributed by atoms with E-state index in [0.717, 1.165) is 12.8 Å². The molecule has 0 amide bonds. The molecule has 1 aliphatic carbocycles. The van der Waals surface area contributed by atoms with Crippen molar-refractivity contribution in [3.05, 3.63) is 23.8 Å². The molecule has 4 heteroatoms. The average molecular weight is 277 g/mol. The standard InChI is InChI=1S/C16H23NO3/c1-3-19-16(18)14-10-12(17)7-8-15(14)20-13-6-4-5-11(2)9-13/h7-8,10-11,13H,3-6,9,17H2,1-2H3. The van der Waals surface area contributed by atoms with E-state index in [4.69, 9.17) is 15.2 Å². The van der Waals surface area contributed by atoms with Crippen LogP contribution in [-0.4, -0.2) is 18.7 Å². The number of nitrogens with two attached hydrogens (primary N) is 1. The zero-order valence-corrected chi connectivity index (χ0v) is 12.2. The maximum absolute atomic E-state index is 12.0. The lowest BCUT2D eigenvalue weighted by molar-refractivity contribution is 0.0515. The summed E-state index contributed by atoms with van der Waals surface area (Å²) in [7, 11) is 0. The van der Waals surface area contributed by atoms with Gasteiger partial charge in [-0.05, 0) is 50.3 Å². The number of benzene rings is 1. The van der Waals surface area contributed by atoms with Gasteiger partial charge in [0.05, 0.1) is 12.7 Å². The zero-order chi connectivity index (χ0) is 14.5. The summed E-state index contributed by atoms with van der Waals surface area (Å²) in [5.41, 5.74) is 6.71. The van der Waals surface area contributed by atoms with Gasteiger partial charge < -0.3 is 15.2 Å². The third-order valence-corrected chi connectivity index (χ3v) is 3.68. The van der Waals surface area contributed by atoms with E-state index < -0.39 is 0 Å². The van der Waals surface area contributed by atoms with E-state index in [0.29, 0.717) is 29.5 Å². The molecule has 0 bridgehead atoms. The Kier molecular flexibility index (Phi) is 4.88. The first-order chi connectivity index (χ1) is 9.60. The summed E-state index contributed by atoms with van der Waals surface area (Å²) in [5.74, 6) is 0.879. The summed E-state index contributed by atoms with van der Waals surface area (Å²) < 4.78 is 11.1. The average Bonchev–Trinajstić information content (AvgIpc) is 2.41. The predicted octanol–water partition coefficient (Wildman–Crippen LogP) is 3.40. The number of rotatable bonds is 4. The predicted molar refractivity (Wildman–Crippen MR) is 78.9 cm³/mol. The Hall–Kier alpha value is -1.71. The number of ether oxygens (including phenoxy) is 2. The van der Waals surface area contributed by atoms with Crippen LogP contribution in [0.4, 0.5) is 5.69 Å². The molecule has 0 aromatic heterocycles. The largest absolute Gasteiger partial charge is 0.490 e. The van der Waals surface area contributed by atoms with Crippen LogP contribution in [0.5, 0.6) is 5.75 Å². The van der Waals surface area contributed by atoms with Crippen LogP contribution in [0, 0.1) is 5.92 Å². The highest BCUT2D eigenvalue weighted by Crippen LogP contribution is 2.30. The van der Waals surface area contributed by atoms with Gasteiger partial charge in [0.1, 0.15) is 11.3 Å². The molecule has 0 saturated heterocycles. The number of anilines is 1. The normalized spacial score (nSPS) is 22.3. The van der Waals surface area contributed by atoms with E-state index in [1.54, 1.807) is 25.1 Å². The lowest BCUT2D eigenvalue weighted by Crippen LogP contribution is -2.25. The minimum atomic E-state index is -0.376. The highest BCUT2D eigenvalue weighted by atomic mass is 16.5. The van der Waals surface area contributed by atoms with Crippen molar-refractivity contribution < 1.29 is 14.3 Å². The summed E-state index contributed by atoms with van der Waals surface area (Å²) in [6.45, 7) is 4.37. The number of esters is 1. The first-order valence-electron chi connectivity index (χ1n) is 7.33. The molecule has 0 radical (unpaired) electrons. The summed E-state index contributed by atoms with van der Waals surface area (Å²) >= 11 is 0. The maximum Gasteiger partial charge on any atom is 0.341 e. The van der Waals surface area contributed by atoms with E-state index in [-0.39, 0.29) is 12.1 Å². The highest BCUT2D eigenvalue weighted by Gasteiger charge is 2.23. The van der Waals surface area contributed by atoms with Crippen molar-refractivity contribution in [2.24, 2.45) is 5.92 Å². The van der Waals surface area contributed by atoms with Gasteiger partial charge in [-0.3, -0.25) is 0 Å². The summed E-state index contributed by atoms with van der Waals surface area (Å²) in [6, 6.07) is 5.14. The molecule has 0 heterocycles. The summed E-state index contributed by atoms with van der Waals surface area (Å²) in [4.78, 5) is 12.0. The number of nitrogen functional groups attached to an aromatic ring is 1. The van der Waals surface area contributed by atoms with Crippen molar-refractivity contribution >= 4 is 11.7 Å². The second-order valence-electron chi connectivity index (χ2n) is 5.49. The molecule has 1 saturated carbocycles. The van der Waals surface area contributed by atoms with Gasteiger partial charge >= 0.3 is 5.97 Å². The van der Waals surface area contributed by atoms with E-state index in [9.17, 15) is 4.79 Å². The fraction of sp³-hybridized carbons (Fsp3) is 0.562. The third kappa shape index (κ3) is 3.65. The molecule has 4 nitrogen and oxygen atoms in total. The minimum absolute atomic E-state index is 0.176. The number of hydrogen-bond acceptors (Lipinski definition) is 4. The van der Waals surface area contributed by atoms with Crippen molar-refractivity contribution in [1.82, 2.24) is 0 Å². The zero-order valence-electron chi connectivity index (χ0n) is 12.2. The molecule has 20 heavy (non-hydrogen) atoms. The van der Waals surface area contributed by atoms with Crippen LogP contribution in [0.3, 0.4) is 0 Å². The Labute approximate surface area is 120 Å². The molecule has 0 aliphatic heterocycles. The molecule has 1 fully saturated rings. The molecule has 2 atom stereocenters. The SMILES string of the molecule is CCOC(=O)c1cc(N)ccc1OC1CCCC(C)C1. The van der Waals surface area contributed by atoms with Crippen molar-refractivity contribution in [2.45, 2.75) is 45.6 Å². The van der Waals surface area contributed by atoms with Crippen LogP contribution in [0.1, 0.15) is 49.9 Å². The van der Waals surface area contributed by atoms with Crippen molar-refractivity contribution in [3.8, 4) is 5.75 Å². The van der Waals surface area contributed by atoms with Gasteiger partial charge in [-0.25, -0.2) is 4.79 Å². The Bertz CT molecular complexity index is 473. The lowest BCUT2D eigenvalue weighted by atomic mass is 9.88. The quantitative estimate of drug-likeness (QED) is 0.676. The fourth-order valence-corrected chi connectivity index (χ4v) is 2.68. The van der Waals surface area contributed by atoms with Crippen LogP contribution in [0.15, 0.2) is 18.2 Å². The molecule has 1 aliphatic rings. The van der Waals surface area contributed by atoms with Gasteiger partial charge in [-0.15, -0.1) is 0 Å². The van der Waals surface area contributed by atoms with Crippen LogP contribution in [-0.2, 0) is 4.74 Å². The van der Waals surface area contributed by atoms with E-state index in [1.165, 1.54) is 12.8 Å². The monoisotopic (exact) mass is 277 g/mol. The smallest absolute Gasteiger partial charge is 0.341 e. The Morgan fingerprint density at radius 1 is 1.40 bits per heavy atom. The Morgan fingerprint density at radius 3 is 2.90 bits per heavy atom. The van der Waals surface area contributed by atoms with Crippen molar-refractivity contribution in [3.63, 3.8) is 0 Å². The van der Waals surface area contributed by atoms with Gasteiger partial charge in [-0.2, -0.15) is 0 Å². The van der Waals surface area contributed by atoms with Gasteiger partial charge in [0.15, 0.2) is 0 Å². The van der Waals surface area contributed by atoms with Gasteiger partial charge in [0.2, 0.25) is 0 Å². The second kappa shape index (κ2) is 6.64. The van der Waals surface area contributed by atoms with Gasteiger partial charge in [0, 0.05) is 5.69 Å². The van der Waals surface area contributed by atoms with Crippen LogP contribution < -0.4 is 10.5 Å². The van der Waals surface area contributed by atoms with Crippen LogP contribution in [0.25, 0.3) is 0 Å². The van der Waals surface area contributed by atoms with E-state index in [1.807, 2.05) is 0 Å².